The molecule has 0 saturated carbocycles. The summed E-state index contributed by atoms with van der Waals surface area (Å²) < 4.78 is 5.80. The van der Waals surface area contributed by atoms with E-state index in [0.29, 0.717) is 11.6 Å². The summed E-state index contributed by atoms with van der Waals surface area (Å²) in [6.45, 7) is 2.52. The first-order valence-corrected chi connectivity index (χ1v) is 6.61. The lowest BCUT2D eigenvalue weighted by molar-refractivity contribution is 0.317. The van der Waals surface area contributed by atoms with Gasteiger partial charge in [0.1, 0.15) is 5.75 Å². The van der Waals surface area contributed by atoms with Gasteiger partial charge in [-0.25, -0.2) is 0 Å². The number of pyridine rings is 1. The Balaban J connectivity index is 2.00. The van der Waals surface area contributed by atoms with Crippen LogP contribution in [0.2, 0.25) is 5.02 Å². The van der Waals surface area contributed by atoms with E-state index < -0.39 is 0 Å². The molecule has 1 heterocycles. The third-order valence-electron chi connectivity index (χ3n) is 2.86. The monoisotopic (exact) mass is 276 g/mol. The average molecular weight is 277 g/mol. The minimum Gasteiger partial charge on any atom is -0.493 e. The zero-order valence-corrected chi connectivity index (χ0v) is 11.6. The van der Waals surface area contributed by atoms with Gasteiger partial charge in [0, 0.05) is 35.4 Å². The van der Waals surface area contributed by atoms with Gasteiger partial charge in [-0.1, -0.05) is 11.6 Å². The maximum Gasteiger partial charge on any atom is 0.124 e. The lowest BCUT2D eigenvalue weighted by Gasteiger charge is -2.14. The van der Waals surface area contributed by atoms with Crippen molar-refractivity contribution >= 4 is 11.6 Å². The zero-order valence-electron chi connectivity index (χ0n) is 10.8. The Labute approximate surface area is 118 Å². The maximum atomic E-state index is 5.97. The summed E-state index contributed by atoms with van der Waals surface area (Å²) in [4.78, 5) is 3.99. The van der Waals surface area contributed by atoms with Crippen molar-refractivity contribution in [1.82, 2.24) is 4.98 Å². The lowest BCUT2D eigenvalue weighted by Crippen LogP contribution is -2.09. The van der Waals surface area contributed by atoms with Crippen LogP contribution in [0.15, 0.2) is 42.7 Å². The SMILES string of the molecule is C[C@H](N)c1cc(Cl)ccc1OCCc1ccncc1. The fraction of sp³-hybridized carbons (Fsp3) is 0.267. The van der Waals surface area contributed by atoms with Crippen molar-refractivity contribution in [2.45, 2.75) is 19.4 Å². The van der Waals surface area contributed by atoms with Crippen molar-refractivity contribution in [1.29, 1.82) is 0 Å². The number of nitrogens with zero attached hydrogens (tertiary/aromatic N) is 1. The van der Waals surface area contributed by atoms with Crippen LogP contribution in [0.5, 0.6) is 5.75 Å². The number of benzene rings is 1. The third-order valence-corrected chi connectivity index (χ3v) is 3.10. The predicted molar refractivity (Wildman–Crippen MR) is 77.5 cm³/mol. The molecule has 0 aliphatic rings. The molecule has 4 heteroatoms. The third kappa shape index (κ3) is 3.94. The number of rotatable bonds is 5. The summed E-state index contributed by atoms with van der Waals surface area (Å²) in [7, 11) is 0. The Morgan fingerprint density at radius 1 is 1.26 bits per heavy atom. The van der Waals surface area contributed by atoms with Crippen molar-refractivity contribution in [2.75, 3.05) is 6.61 Å². The molecular weight excluding hydrogens is 260 g/mol. The van der Waals surface area contributed by atoms with E-state index in [9.17, 15) is 0 Å². The minimum atomic E-state index is -0.102. The molecule has 1 atom stereocenters. The molecule has 0 saturated heterocycles. The number of halogens is 1. The molecule has 0 radical (unpaired) electrons. The molecule has 2 aromatic rings. The molecule has 0 bridgehead atoms. The Hall–Kier alpha value is -1.58. The summed E-state index contributed by atoms with van der Waals surface area (Å²) in [5.74, 6) is 0.799. The second-order valence-electron chi connectivity index (χ2n) is 4.42. The van der Waals surface area contributed by atoms with Gasteiger partial charge < -0.3 is 10.5 Å². The average Bonchev–Trinajstić information content (AvgIpc) is 2.41. The molecule has 0 unspecified atom stereocenters. The number of ether oxygens (including phenoxy) is 1. The molecule has 2 rings (SSSR count). The standard InChI is InChI=1S/C15H17ClN2O/c1-11(17)14-10-13(16)2-3-15(14)19-9-6-12-4-7-18-8-5-12/h2-5,7-8,10-11H,6,9,17H2,1H3/t11-/m0/s1. The molecule has 100 valence electrons. The van der Waals surface area contributed by atoms with Crippen molar-refractivity contribution in [3.63, 3.8) is 0 Å². The molecule has 0 amide bonds. The summed E-state index contributed by atoms with van der Waals surface area (Å²) in [5, 5.41) is 0.675. The van der Waals surface area contributed by atoms with Crippen LogP contribution in [-0.4, -0.2) is 11.6 Å². The molecular formula is C15H17ClN2O. The summed E-state index contributed by atoms with van der Waals surface area (Å²) >= 11 is 5.97. The number of nitrogens with two attached hydrogens (primary N) is 1. The van der Waals surface area contributed by atoms with Crippen molar-refractivity contribution < 1.29 is 4.74 Å². The molecule has 0 aliphatic carbocycles. The van der Waals surface area contributed by atoms with Crippen LogP contribution >= 0.6 is 11.6 Å². The van der Waals surface area contributed by atoms with Gasteiger partial charge in [-0.2, -0.15) is 0 Å². The highest BCUT2D eigenvalue weighted by atomic mass is 35.5. The fourth-order valence-electron chi connectivity index (χ4n) is 1.83. The van der Waals surface area contributed by atoms with Crippen LogP contribution < -0.4 is 10.5 Å². The zero-order chi connectivity index (χ0) is 13.7. The molecule has 0 fully saturated rings. The molecule has 3 nitrogen and oxygen atoms in total. The van der Waals surface area contributed by atoms with E-state index in [4.69, 9.17) is 22.1 Å². The van der Waals surface area contributed by atoms with E-state index >= 15 is 0 Å². The van der Waals surface area contributed by atoms with Crippen molar-refractivity contribution in [3.8, 4) is 5.75 Å². The van der Waals surface area contributed by atoms with Crippen molar-refractivity contribution in [3.05, 3.63) is 58.9 Å². The first-order chi connectivity index (χ1) is 9.16. The van der Waals surface area contributed by atoms with Gasteiger partial charge in [-0.05, 0) is 42.8 Å². The van der Waals surface area contributed by atoms with Crippen LogP contribution in [0.25, 0.3) is 0 Å². The topological polar surface area (TPSA) is 48.1 Å². The highest BCUT2D eigenvalue weighted by molar-refractivity contribution is 6.30. The highest BCUT2D eigenvalue weighted by Gasteiger charge is 2.08. The highest BCUT2D eigenvalue weighted by Crippen LogP contribution is 2.27. The van der Waals surface area contributed by atoms with E-state index in [2.05, 4.69) is 4.98 Å². The first kappa shape index (κ1) is 13.8. The number of hydrogen-bond donors (Lipinski definition) is 1. The molecule has 1 aromatic heterocycles. The van der Waals surface area contributed by atoms with E-state index in [-0.39, 0.29) is 6.04 Å². The molecule has 19 heavy (non-hydrogen) atoms. The van der Waals surface area contributed by atoms with Crippen LogP contribution in [0.1, 0.15) is 24.1 Å². The van der Waals surface area contributed by atoms with Gasteiger partial charge in [0.05, 0.1) is 6.61 Å². The smallest absolute Gasteiger partial charge is 0.124 e. The number of hydrogen-bond acceptors (Lipinski definition) is 3. The Morgan fingerprint density at radius 2 is 2.00 bits per heavy atom. The maximum absolute atomic E-state index is 5.97. The second-order valence-corrected chi connectivity index (χ2v) is 4.86. The van der Waals surface area contributed by atoms with E-state index in [1.54, 1.807) is 12.4 Å². The lowest BCUT2D eigenvalue weighted by atomic mass is 10.1. The first-order valence-electron chi connectivity index (χ1n) is 6.23. The van der Waals surface area contributed by atoms with Crippen LogP contribution in [0.4, 0.5) is 0 Å². The molecule has 0 spiro atoms. The van der Waals surface area contributed by atoms with Gasteiger partial charge in [0.15, 0.2) is 0 Å². The quantitative estimate of drug-likeness (QED) is 0.911. The number of aromatic nitrogens is 1. The van der Waals surface area contributed by atoms with Gasteiger partial charge >= 0.3 is 0 Å². The van der Waals surface area contributed by atoms with Crippen LogP contribution in [-0.2, 0) is 6.42 Å². The Bertz CT molecular complexity index is 529. The minimum absolute atomic E-state index is 0.102. The van der Waals surface area contributed by atoms with E-state index in [1.165, 1.54) is 5.56 Å². The van der Waals surface area contributed by atoms with Crippen molar-refractivity contribution in [2.24, 2.45) is 5.73 Å². The Morgan fingerprint density at radius 3 is 2.68 bits per heavy atom. The largest absolute Gasteiger partial charge is 0.493 e. The summed E-state index contributed by atoms with van der Waals surface area (Å²) in [5.41, 5.74) is 8.05. The molecule has 0 aliphatic heterocycles. The van der Waals surface area contributed by atoms with Gasteiger partial charge in [-0.15, -0.1) is 0 Å². The fourth-order valence-corrected chi connectivity index (χ4v) is 2.02. The Kier molecular flexibility index (Phi) is 4.77. The van der Waals surface area contributed by atoms with E-state index in [0.717, 1.165) is 17.7 Å². The normalized spacial score (nSPS) is 12.2. The van der Waals surface area contributed by atoms with Crippen LogP contribution in [0, 0.1) is 0 Å². The molecule has 2 N–H and O–H groups in total. The second kappa shape index (κ2) is 6.55. The van der Waals surface area contributed by atoms with E-state index in [1.807, 2.05) is 37.3 Å². The predicted octanol–water partition coefficient (Wildman–Crippen LogP) is 3.38. The summed E-state index contributed by atoms with van der Waals surface area (Å²) in [6, 6.07) is 9.40. The van der Waals surface area contributed by atoms with Gasteiger partial charge in [0.25, 0.3) is 0 Å². The van der Waals surface area contributed by atoms with Gasteiger partial charge in [-0.3, -0.25) is 4.98 Å². The molecule has 1 aromatic carbocycles. The van der Waals surface area contributed by atoms with Crippen LogP contribution in [0.3, 0.4) is 0 Å². The van der Waals surface area contributed by atoms with Gasteiger partial charge in [0.2, 0.25) is 0 Å². The summed E-state index contributed by atoms with van der Waals surface area (Å²) in [6.07, 6.45) is 4.40.